The van der Waals surface area contributed by atoms with E-state index in [0.29, 0.717) is 6.04 Å². The van der Waals surface area contributed by atoms with Gasteiger partial charge in [-0.3, -0.25) is 0 Å². The lowest BCUT2D eigenvalue weighted by Crippen LogP contribution is -2.48. The molecular formula is C14H26N2O. The third-order valence-electron chi connectivity index (χ3n) is 4.55. The maximum Gasteiger partial charge on any atom is 0.320 e. The lowest BCUT2D eigenvalue weighted by molar-refractivity contribution is 0.122. The molecular weight excluding hydrogens is 212 g/mol. The standard InChI is InChI=1S/C14H26N2O/c1-11(2)13-6-9-15(10-7-13)14(17)16-8-4-5-12(16)3/h11-13H,4-10H2,1-3H3/t12-/m1/s1. The van der Waals surface area contributed by atoms with Crippen molar-refractivity contribution >= 4 is 6.03 Å². The zero-order chi connectivity index (χ0) is 12.4. The summed E-state index contributed by atoms with van der Waals surface area (Å²) in [5.41, 5.74) is 0. The Hall–Kier alpha value is -0.730. The predicted molar refractivity (Wildman–Crippen MR) is 69.9 cm³/mol. The van der Waals surface area contributed by atoms with Crippen LogP contribution in [0.1, 0.15) is 46.5 Å². The highest BCUT2D eigenvalue weighted by Gasteiger charge is 2.31. The van der Waals surface area contributed by atoms with Crippen molar-refractivity contribution < 1.29 is 4.79 Å². The van der Waals surface area contributed by atoms with Crippen LogP contribution in [-0.4, -0.2) is 41.5 Å². The highest BCUT2D eigenvalue weighted by molar-refractivity contribution is 5.75. The van der Waals surface area contributed by atoms with Gasteiger partial charge in [0.15, 0.2) is 0 Å². The Balaban J connectivity index is 1.86. The second-order valence-corrected chi connectivity index (χ2v) is 6.04. The van der Waals surface area contributed by atoms with E-state index in [1.165, 1.54) is 25.7 Å². The number of urea groups is 1. The molecule has 3 nitrogen and oxygen atoms in total. The first-order valence-corrected chi connectivity index (χ1v) is 7.15. The summed E-state index contributed by atoms with van der Waals surface area (Å²) in [4.78, 5) is 16.5. The molecule has 0 unspecified atom stereocenters. The largest absolute Gasteiger partial charge is 0.325 e. The van der Waals surface area contributed by atoms with Crippen molar-refractivity contribution in [1.29, 1.82) is 0 Å². The Kier molecular flexibility index (Phi) is 3.95. The summed E-state index contributed by atoms with van der Waals surface area (Å²) >= 11 is 0. The van der Waals surface area contributed by atoms with Crippen LogP contribution in [0.3, 0.4) is 0 Å². The minimum atomic E-state index is 0.289. The summed E-state index contributed by atoms with van der Waals surface area (Å²) in [5, 5.41) is 0. The number of rotatable bonds is 1. The van der Waals surface area contributed by atoms with Crippen LogP contribution in [0.15, 0.2) is 0 Å². The third-order valence-corrected chi connectivity index (χ3v) is 4.55. The van der Waals surface area contributed by atoms with Crippen LogP contribution in [0.5, 0.6) is 0 Å². The third kappa shape index (κ3) is 2.75. The lowest BCUT2D eigenvalue weighted by atomic mass is 9.87. The highest BCUT2D eigenvalue weighted by Crippen LogP contribution is 2.26. The van der Waals surface area contributed by atoms with Gasteiger partial charge in [0, 0.05) is 25.7 Å². The van der Waals surface area contributed by atoms with E-state index in [1.807, 2.05) is 0 Å². The second kappa shape index (κ2) is 5.28. The van der Waals surface area contributed by atoms with Gasteiger partial charge in [0.1, 0.15) is 0 Å². The van der Waals surface area contributed by atoms with Crippen LogP contribution >= 0.6 is 0 Å². The van der Waals surface area contributed by atoms with Crippen molar-refractivity contribution in [1.82, 2.24) is 9.80 Å². The van der Waals surface area contributed by atoms with Gasteiger partial charge >= 0.3 is 6.03 Å². The van der Waals surface area contributed by atoms with Crippen LogP contribution in [0.4, 0.5) is 4.79 Å². The fourth-order valence-electron chi connectivity index (χ4n) is 3.16. The van der Waals surface area contributed by atoms with Crippen LogP contribution < -0.4 is 0 Å². The molecule has 3 heteroatoms. The van der Waals surface area contributed by atoms with Gasteiger partial charge in [0.2, 0.25) is 0 Å². The monoisotopic (exact) mass is 238 g/mol. The zero-order valence-electron chi connectivity index (χ0n) is 11.5. The number of hydrogen-bond donors (Lipinski definition) is 0. The molecule has 2 aliphatic rings. The van der Waals surface area contributed by atoms with Gasteiger partial charge < -0.3 is 9.80 Å². The van der Waals surface area contributed by atoms with Crippen LogP contribution in [0.25, 0.3) is 0 Å². The van der Waals surface area contributed by atoms with Crippen LogP contribution in [0, 0.1) is 11.8 Å². The number of carbonyl (C=O) groups excluding carboxylic acids is 1. The van der Waals surface area contributed by atoms with Crippen LogP contribution in [0.2, 0.25) is 0 Å². The van der Waals surface area contributed by atoms with Crippen molar-refractivity contribution in [2.24, 2.45) is 11.8 Å². The SMILES string of the molecule is CC(C)C1CCN(C(=O)N2CCC[C@H]2C)CC1. The molecule has 0 aromatic heterocycles. The summed E-state index contributed by atoms with van der Waals surface area (Å²) in [7, 11) is 0. The number of piperidine rings is 1. The minimum absolute atomic E-state index is 0.289. The van der Waals surface area contributed by atoms with Gasteiger partial charge in [-0.2, -0.15) is 0 Å². The van der Waals surface area contributed by atoms with Crippen molar-refractivity contribution in [2.45, 2.75) is 52.5 Å². The maximum atomic E-state index is 12.3. The summed E-state index contributed by atoms with van der Waals surface area (Å²) < 4.78 is 0. The molecule has 0 aromatic carbocycles. The molecule has 17 heavy (non-hydrogen) atoms. The normalized spacial score (nSPS) is 26.9. The molecule has 0 bridgehead atoms. The number of amides is 2. The zero-order valence-corrected chi connectivity index (χ0v) is 11.5. The van der Waals surface area contributed by atoms with E-state index in [4.69, 9.17) is 0 Å². The Bertz CT molecular complexity index is 269. The highest BCUT2D eigenvalue weighted by atomic mass is 16.2. The molecule has 98 valence electrons. The molecule has 2 aliphatic heterocycles. The van der Waals surface area contributed by atoms with Crippen molar-refractivity contribution in [3.63, 3.8) is 0 Å². The molecule has 1 atom stereocenters. The molecule has 0 radical (unpaired) electrons. The first-order chi connectivity index (χ1) is 8.09. The summed E-state index contributed by atoms with van der Waals surface area (Å²) in [6.45, 7) is 9.65. The molecule has 2 fully saturated rings. The lowest BCUT2D eigenvalue weighted by Gasteiger charge is -2.37. The minimum Gasteiger partial charge on any atom is -0.325 e. The van der Waals surface area contributed by atoms with Crippen molar-refractivity contribution in [2.75, 3.05) is 19.6 Å². The summed E-state index contributed by atoms with van der Waals surface area (Å²) in [6.07, 6.45) is 4.72. The van der Waals surface area contributed by atoms with Crippen molar-refractivity contribution in [3.05, 3.63) is 0 Å². The topological polar surface area (TPSA) is 23.6 Å². The quantitative estimate of drug-likeness (QED) is 0.689. The molecule has 0 saturated carbocycles. The van der Waals surface area contributed by atoms with Gasteiger partial charge in [0.05, 0.1) is 0 Å². The van der Waals surface area contributed by atoms with Gasteiger partial charge in [0.25, 0.3) is 0 Å². The Morgan fingerprint density at radius 3 is 2.24 bits per heavy atom. The van der Waals surface area contributed by atoms with E-state index in [0.717, 1.165) is 31.5 Å². The molecule has 2 amide bonds. The number of nitrogens with zero attached hydrogens (tertiary/aromatic N) is 2. The van der Waals surface area contributed by atoms with E-state index in [1.54, 1.807) is 0 Å². The first-order valence-electron chi connectivity index (χ1n) is 7.15. The molecule has 0 N–H and O–H groups in total. The molecule has 0 aliphatic carbocycles. The smallest absolute Gasteiger partial charge is 0.320 e. The van der Waals surface area contributed by atoms with E-state index < -0.39 is 0 Å². The van der Waals surface area contributed by atoms with E-state index in [9.17, 15) is 4.79 Å². The molecule has 2 rings (SSSR count). The fourth-order valence-corrected chi connectivity index (χ4v) is 3.16. The Morgan fingerprint density at radius 2 is 1.76 bits per heavy atom. The van der Waals surface area contributed by atoms with Crippen molar-refractivity contribution in [3.8, 4) is 0 Å². The maximum absolute atomic E-state index is 12.3. The number of likely N-dealkylation sites (tertiary alicyclic amines) is 2. The first kappa shape index (κ1) is 12.7. The average molecular weight is 238 g/mol. The molecule has 2 saturated heterocycles. The molecule has 0 aromatic rings. The van der Waals surface area contributed by atoms with E-state index in [-0.39, 0.29) is 6.03 Å². The van der Waals surface area contributed by atoms with E-state index in [2.05, 4.69) is 30.6 Å². The number of carbonyl (C=O) groups is 1. The van der Waals surface area contributed by atoms with Gasteiger partial charge in [-0.25, -0.2) is 4.79 Å². The average Bonchev–Trinajstić information content (AvgIpc) is 2.74. The summed E-state index contributed by atoms with van der Waals surface area (Å²) in [6, 6.07) is 0.738. The van der Waals surface area contributed by atoms with Gasteiger partial charge in [-0.05, 0) is 44.4 Å². The molecule has 2 heterocycles. The Labute approximate surface area is 105 Å². The number of hydrogen-bond acceptors (Lipinski definition) is 1. The predicted octanol–water partition coefficient (Wildman–Crippen LogP) is 2.96. The van der Waals surface area contributed by atoms with Gasteiger partial charge in [-0.15, -0.1) is 0 Å². The summed E-state index contributed by atoms with van der Waals surface area (Å²) in [5.74, 6) is 1.58. The van der Waals surface area contributed by atoms with Gasteiger partial charge in [-0.1, -0.05) is 13.8 Å². The molecule has 0 spiro atoms. The van der Waals surface area contributed by atoms with Crippen LogP contribution in [-0.2, 0) is 0 Å². The van der Waals surface area contributed by atoms with E-state index >= 15 is 0 Å². The Morgan fingerprint density at radius 1 is 1.12 bits per heavy atom. The second-order valence-electron chi connectivity index (χ2n) is 6.04. The fraction of sp³-hybridized carbons (Fsp3) is 0.929.